The Bertz CT molecular complexity index is 1090. The Morgan fingerprint density at radius 1 is 1.03 bits per heavy atom. The first-order chi connectivity index (χ1) is 15.0. The Morgan fingerprint density at radius 3 is 2.22 bits per heavy atom. The summed E-state index contributed by atoms with van der Waals surface area (Å²) in [7, 11) is 1.23. The minimum absolute atomic E-state index is 0.0898. The molecule has 7 heteroatoms. The van der Waals surface area contributed by atoms with E-state index < -0.39 is 28.6 Å². The molecule has 0 unspecified atom stereocenters. The summed E-state index contributed by atoms with van der Waals surface area (Å²) in [6, 6.07) is 4.36. The average molecular weight is 440 g/mol. The first-order valence-electron chi connectivity index (χ1n) is 9.99. The van der Waals surface area contributed by atoms with Crippen molar-refractivity contribution in [3.8, 4) is 28.7 Å². The van der Waals surface area contributed by atoms with E-state index in [0.29, 0.717) is 6.42 Å². The fraction of sp³-hybridized carbons (Fsp3) is 0.280. The van der Waals surface area contributed by atoms with Crippen molar-refractivity contribution >= 4 is 11.6 Å². The zero-order valence-corrected chi connectivity index (χ0v) is 18.6. The molecule has 0 aliphatic carbocycles. The van der Waals surface area contributed by atoms with E-state index in [0.717, 1.165) is 29.3 Å². The van der Waals surface area contributed by atoms with E-state index in [1.54, 1.807) is 0 Å². The molecule has 0 spiro atoms. The van der Waals surface area contributed by atoms with Crippen LogP contribution in [0.25, 0.3) is 0 Å². The Kier molecular flexibility index (Phi) is 7.70. The Hall–Kier alpha value is -3.74. The van der Waals surface area contributed by atoms with Crippen LogP contribution in [-0.2, 0) is 6.42 Å². The molecule has 170 valence electrons. The van der Waals surface area contributed by atoms with E-state index >= 15 is 0 Å². The maximum atomic E-state index is 13.0. The van der Waals surface area contributed by atoms with Gasteiger partial charge in [0.25, 0.3) is 0 Å². The van der Waals surface area contributed by atoms with Crippen LogP contribution >= 0.6 is 0 Å². The van der Waals surface area contributed by atoms with Gasteiger partial charge in [-0.2, -0.15) is 0 Å². The van der Waals surface area contributed by atoms with Crippen LogP contribution in [0.1, 0.15) is 53.5 Å². The van der Waals surface area contributed by atoms with E-state index in [2.05, 4.69) is 6.58 Å². The third kappa shape index (κ3) is 5.29. The highest BCUT2D eigenvalue weighted by molar-refractivity contribution is 6.50. The number of Topliss-reactive ketones (excluding diaryl/α,β-unsaturated/α-hetero) is 2. The van der Waals surface area contributed by atoms with Crippen LogP contribution in [-0.4, -0.2) is 39.1 Å². The zero-order chi connectivity index (χ0) is 24.2. The number of aromatic hydroxyl groups is 4. The molecule has 0 aromatic heterocycles. The van der Waals surface area contributed by atoms with E-state index in [4.69, 9.17) is 4.74 Å². The molecule has 0 saturated heterocycles. The topological polar surface area (TPSA) is 124 Å². The molecule has 2 rings (SSSR count). The number of benzene rings is 2. The molecule has 0 saturated carbocycles. The number of ether oxygens (including phenoxy) is 1. The summed E-state index contributed by atoms with van der Waals surface area (Å²) in [5.74, 6) is -4.25. The summed E-state index contributed by atoms with van der Waals surface area (Å²) in [4.78, 5) is 25.8. The Balaban J connectivity index is 2.55. The van der Waals surface area contributed by atoms with Gasteiger partial charge in [0.05, 0.1) is 12.7 Å². The van der Waals surface area contributed by atoms with Crippen molar-refractivity contribution in [2.45, 2.75) is 33.6 Å². The van der Waals surface area contributed by atoms with E-state index in [1.807, 2.05) is 26.8 Å². The molecule has 0 amide bonds. The minimum atomic E-state index is -1.13. The van der Waals surface area contributed by atoms with Gasteiger partial charge in [0, 0.05) is 17.7 Å². The summed E-state index contributed by atoms with van der Waals surface area (Å²) < 4.78 is 5.13. The Morgan fingerprint density at radius 2 is 1.69 bits per heavy atom. The second-order valence-electron chi connectivity index (χ2n) is 7.92. The van der Waals surface area contributed by atoms with Gasteiger partial charge in [-0.05, 0) is 51.7 Å². The molecular formula is C25H28O7. The highest BCUT2D eigenvalue weighted by Gasteiger charge is 2.31. The van der Waals surface area contributed by atoms with E-state index in [-0.39, 0.29) is 40.7 Å². The molecular weight excluding hydrogens is 412 g/mol. The highest BCUT2D eigenvalue weighted by Crippen LogP contribution is 2.41. The second-order valence-corrected chi connectivity index (χ2v) is 7.92. The highest BCUT2D eigenvalue weighted by atomic mass is 16.5. The Labute approximate surface area is 186 Å². The number of hydrogen-bond donors (Lipinski definition) is 4. The van der Waals surface area contributed by atoms with Gasteiger partial charge in [0.15, 0.2) is 0 Å². The van der Waals surface area contributed by atoms with Crippen LogP contribution in [0, 0.1) is 5.92 Å². The first-order valence-corrected chi connectivity index (χ1v) is 9.99. The SMILES string of the molecule is C=C(C)[C@H](CC=C(C)C)Cc1c(O)cc(OC)c(C(=O)C(=O)c2ccc(O)cc2O)c1O. The monoisotopic (exact) mass is 440 g/mol. The number of carbonyl (C=O) groups excluding carboxylic acids is 2. The van der Waals surface area contributed by atoms with Crippen molar-refractivity contribution < 1.29 is 34.8 Å². The van der Waals surface area contributed by atoms with Crippen LogP contribution in [0.15, 0.2) is 48.1 Å². The number of rotatable bonds is 9. The number of methoxy groups -OCH3 is 1. The molecule has 0 fully saturated rings. The number of phenols is 4. The maximum Gasteiger partial charge on any atom is 0.241 e. The smallest absolute Gasteiger partial charge is 0.241 e. The lowest BCUT2D eigenvalue weighted by molar-refractivity contribution is 0.0811. The van der Waals surface area contributed by atoms with Crippen LogP contribution in [0.4, 0.5) is 0 Å². The van der Waals surface area contributed by atoms with E-state index in [1.165, 1.54) is 13.2 Å². The molecule has 1 atom stereocenters. The van der Waals surface area contributed by atoms with Gasteiger partial charge in [-0.25, -0.2) is 0 Å². The third-order valence-electron chi connectivity index (χ3n) is 5.18. The summed E-state index contributed by atoms with van der Waals surface area (Å²) in [5, 5.41) is 40.8. The second kappa shape index (κ2) is 10.0. The van der Waals surface area contributed by atoms with Gasteiger partial charge in [0.2, 0.25) is 11.6 Å². The standard InChI is InChI=1S/C25H28O7/c1-13(2)6-7-15(14(3)4)10-18-20(28)12-21(32-5)22(23(18)29)25(31)24(30)17-9-8-16(26)11-19(17)27/h6,8-9,11-12,15,26-29H,3,7,10H2,1-2,4-5H3/t15-/m1/s1. The summed E-state index contributed by atoms with van der Waals surface area (Å²) in [6.07, 6.45) is 2.81. The van der Waals surface area contributed by atoms with Crippen LogP contribution < -0.4 is 4.74 Å². The van der Waals surface area contributed by atoms with Gasteiger partial charge < -0.3 is 25.2 Å². The summed E-state index contributed by atoms with van der Waals surface area (Å²) in [6.45, 7) is 9.73. The summed E-state index contributed by atoms with van der Waals surface area (Å²) in [5.41, 5.74) is 1.27. The predicted octanol–water partition coefficient (Wildman–Crippen LogP) is 4.67. The summed E-state index contributed by atoms with van der Waals surface area (Å²) >= 11 is 0. The van der Waals surface area contributed by atoms with Gasteiger partial charge in [-0.3, -0.25) is 9.59 Å². The fourth-order valence-electron chi connectivity index (χ4n) is 3.29. The van der Waals surface area contributed by atoms with Gasteiger partial charge in [0.1, 0.15) is 34.3 Å². The average Bonchev–Trinajstić information content (AvgIpc) is 2.71. The molecule has 2 aromatic carbocycles. The number of ketones is 2. The largest absolute Gasteiger partial charge is 0.508 e. The molecule has 0 heterocycles. The molecule has 7 nitrogen and oxygen atoms in total. The lowest BCUT2D eigenvalue weighted by Gasteiger charge is -2.20. The lowest BCUT2D eigenvalue weighted by atomic mass is 9.87. The molecule has 32 heavy (non-hydrogen) atoms. The zero-order valence-electron chi connectivity index (χ0n) is 18.6. The minimum Gasteiger partial charge on any atom is -0.508 e. The van der Waals surface area contributed by atoms with Crippen LogP contribution in [0.5, 0.6) is 28.7 Å². The lowest BCUT2D eigenvalue weighted by Crippen LogP contribution is -2.17. The third-order valence-corrected chi connectivity index (χ3v) is 5.18. The van der Waals surface area contributed by atoms with Crippen LogP contribution in [0.2, 0.25) is 0 Å². The number of allylic oxidation sites excluding steroid dienone is 3. The maximum absolute atomic E-state index is 13.0. The van der Waals surface area contributed by atoms with Crippen molar-refractivity contribution in [3.05, 3.63) is 64.8 Å². The molecule has 0 bridgehead atoms. The number of carbonyl (C=O) groups is 2. The van der Waals surface area contributed by atoms with Crippen molar-refractivity contribution in [1.82, 2.24) is 0 Å². The predicted molar refractivity (Wildman–Crippen MR) is 121 cm³/mol. The quantitative estimate of drug-likeness (QED) is 0.254. The molecule has 0 aliphatic heterocycles. The van der Waals surface area contributed by atoms with Gasteiger partial charge in [-0.1, -0.05) is 23.8 Å². The molecule has 0 radical (unpaired) electrons. The van der Waals surface area contributed by atoms with Gasteiger partial charge >= 0.3 is 0 Å². The fourth-order valence-corrected chi connectivity index (χ4v) is 3.29. The first kappa shape index (κ1) is 24.5. The normalized spacial score (nSPS) is 11.5. The van der Waals surface area contributed by atoms with Crippen molar-refractivity contribution in [2.24, 2.45) is 5.92 Å². The van der Waals surface area contributed by atoms with Crippen molar-refractivity contribution in [1.29, 1.82) is 0 Å². The number of hydrogen-bond acceptors (Lipinski definition) is 7. The van der Waals surface area contributed by atoms with E-state index in [9.17, 15) is 30.0 Å². The van der Waals surface area contributed by atoms with Crippen LogP contribution in [0.3, 0.4) is 0 Å². The molecule has 0 aliphatic rings. The van der Waals surface area contributed by atoms with Gasteiger partial charge in [-0.15, -0.1) is 0 Å². The van der Waals surface area contributed by atoms with Crippen molar-refractivity contribution in [3.63, 3.8) is 0 Å². The molecule has 4 N–H and O–H groups in total. The molecule has 2 aromatic rings. The van der Waals surface area contributed by atoms with Crippen molar-refractivity contribution in [2.75, 3.05) is 7.11 Å². The number of phenolic OH excluding ortho intramolecular Hbond substituents is 4.